The van der Waals surface area contributed by atoms with Crippen molar-refractivity contribution < 1.29 is 19.2 Å². The van der Waals surface area contributed by atoms with E-state index in [-0.39, 0.29) is 13.2 Å². The van der Waals surface area contributed by atoms with Crippen LogP contribution in [0, 0.1) is 0 Å². The van der Waals surface area contributed by atoms with Gasteiger partial charge in [-0.05, 0) is 13.8 Å². The molecule has 84 valence electrons. The number of ether oxygens (including phenoxy) is 1. The number of carbonyl (C=O) groups excluding carboxylic acids is 2. The summed E-state index contributed by atoms with van der Waals surface area (Å²) in [5.74, 6) is -0.411. The fourth-order valence-corrected chi connectivity index (χ4v) is 1.09. The molecule has 1 aliphatic rings. The minimum atomic E-state index is -0.906. The molecule has 0 bridgehead atoms. The van der Waals surface area contributed by atoms with Crippen molar-refractivity contribution >= 4 is 11.9 Å². The van der Waals surface area contributed by atoms with E-state index in [9.17, 15) is 9.59 Å². The highest BCUT2D eigenvalue weighted by Crippen LogP contribution is 2.16. The molecule has 0 aromatic carbocycles. The SMILES string of the molecule is C=COCCON1C(=O)NC(C)(C)C1=O. The van der Waals surface area contributed by atoms with E-state index in [1.807, 2.05) is 0 Å². The Kier molecular flexibility index (Phi) is 3.31. The van der Waals surface area contributed by atoms with Crippen molar-refractivity contribution in [2.75, 3.05) is 13.2 Å². The van der Waals surface area contributed by atoms with Crippen LogP contribution in [0.25, 0.3) is 0 Å². The van der Waals surface area contributed by atoms with Gasteiger partial charge in [-0.25, -0.2) is 4.79 Å². The number of carbonyl (C=O) groups is 2. The van der Waals surface area contributed by atoms with Crippen molar-refractivity contribution in [3.63, 3.8) is 0 Å². The number of rotatable bonds is 5. The fourth-order valence-electron chi connectivity index (χ4n) is 1.09. The molecule has 0 aromatic rings. The minimum absolute atomic E-state index is 0.112. The van der Waals surface area contributed by atoms with Crippen LogP contribution in [0.15, 0.2) is 12.8 Å². The molecule has 0 unspecified atom stereocenters. The lowest BCUT2D eigenvalue weighted by molar-refractivity contribution is -0.168. The molecule has 1 rings (SSSR count). The Bertz CT molecular complexity index is 288. The first-order valence-electron chi connectivity index (χ1n) is 4.51. The number of nitrogens with zero attached hydrogens (tertiary/aromatic N) is 1. The maximum atomic E-state index is 11.6. The minimum Gasteiger partial charge on any atom is -0.499 e. The summed E-state index contributed by atoms with van der Waals surface area (Å²) in [6.07, 6.45) is 1.26. The number of hydrogen-bond donors (Lipinski definition) is 1. The van der Waals surface area contributed by atoms with E-state index < -0.39 is 17.5 Å². The first kappa shape index (κ1) is 11.5. The summed E-state index contributed by atoms with van der Waals surface area (Å²) in [7, 11) is 0. The largest absolute Gasteiger partial charge is 0.499 e. The molecule has 1 aliphatic heterocycles. The van der Waals surface area contributed by atoms with Crippen molar-refractivity contribution in [3.05, 3.63) is 12.8 Å². The molecular formula is C9H14N2O4. The van der Waals surface area contributed by atoms with Gasteiger partial charge in [-0.2, -0.15) is 0 Å². The normalized spacial score (nSPS) is 18.9. The molecule has 1 N–H and O–H groups in total. The monoisotopic (exact) mass is 214 g/mol. The van der Waals surface area contributed by atoms with Gasteiger partial charge in [0.25, 0.3) is 5.91 Å². The third-order valence-corrected chi connectivity index (χ3v) is 1.86. The third kappa shape index (κ3) is 2.47. The van der Waals surface area contributed by atoms with Crippen LogP contribution in [0.3, 0.4) is 0 Å². The molecule has 0 radical (unpaired) electrons. The second-order valence-corrected chi connectivity index (χ2v) is 3.53. The fraction of sp³-hybridized carbons (Fsp3) is 0.556. The van der Waals surface area contributed by atoms with Crippen LogP contribution in [-0.4, -0.2) is 35.8 Å². The van der Waals surface area contributed by atoms with Crippen LogP contribution in [0.2, 0.25) is 0 Å². The predicted molar refractivity (Wildman–Crippen MR) is 51.6 cm³/mol. The van der Waals surface area contributed by atoms with Crippen LogP contribution >= 0.6 is 0 Å². The van der Waals surface area contributed by atoms with Gasteiger partial charge in [0, 0.05) is 0 Å². The van der Waals surface area contributed by atoms with E-state index in [2.05, 4.69) is 11.9 Å². The lowest BCUT2D eigenvalue weighted by atomic mass is 10.1. The highest BCUT2D eigenvalue weighted by atomic mass is 16.7. The molecule has 6 heteroatoms. The molecule has 1 fully saturated rings. The van der Waals surface area contributed by atoms with Gasteiger partial charge in [0.15, 0.2) is 0 Å². The summed E-state index contributed by atoms with van der Waals surface area (Å²) in [6, 6.07) is -0.552. The zero-order valence-corrected chi connectivity index (χ0v) is 8.78. The van der Waals surface area contributed by atoms with E-state index in [0.29, 0.717) is 5.06 Å². The Morgan fingerprint density at radius 1 is 1.47 bits per heavy atom. The Morgan fingerprint density at radius 3 is 2.60 bits per heavy atom. The highest BCUT2D eigenvalue weighted by molar-refractivity contribution is 6.05. The molecule has 0 aromatic heterocycles. The molecule has 1 heterocycles. The summed E-state index contributed by atoms with van der Waals surface area (Å²) >= 11 is 0. The van der Waals surface area contributed by atoms with Crippen molar-refractivity contribution in [1.29, 1.82) is 0 Å². The smallest absolute Gasteiger partial charge is 0.349 e. The number of urea groups is 1. The summed E-state index contributed by atoms with van der Waals surface area (Å²) in [6.45, 7) is 6.91. The zero-order valence-electron chi connectivity index (χ0n) is 8.78. The summed E-state index contributed by atoms with van der Waals surface area (Å²) < 4.78 is 4.78. The van der Waals surface area contributed by atoms with Crippen LogP contribution in [-0.2, 0) is 14.4 Å². The van der Waals surface area contributed by atoms with Crippen LogP contribution < -0.4 is 5.32 Å². The molecule has 6 nitrogen and oxygen atoms in total. The van der Waals surface area contributed by atoms with E-state index in [0.717, 1.165) is 0 Å². The molecule has 0 saturated carbocycles. The predicted octanol–water partition coefficient (Wildman–Crippen LogP) is 0.408. The lowest BCUT2D eigenvalue weighted by Crippen LogP contribution is -2.40. The summed E-state index contributed by atoms with van der Waals surface area (Å²) in [4.78, 5) is 27.8. The molecule has 15 heavy (non-hydrogen) atoms. The van der Waals surface area contributed by atoms with Gasteiger partial charge >= 0.3 is 6.03 Å². The first-order chi connectivity index (χ1) is 6.99. The maximum Gasteiger partial charge on any atom is 0.349 e. The Morgan fingerprint density at radius 2 is 2.13 bits per heavy atom. The van der Waals surface area contributed by atoms with Gasteiger partial charge in [-0.3, -0.25) is 9.63 Å². The second-order valence-electron chi connectivity index (χ2n) is 3.53. The topological polar surface area (TPSA) is 67.9 Å². The number of nitrogens with one attached hydrogen (secondary N) is 1. The number of hydroxylamine groups is 2. The second kappa shape index (κ2) is 4.31. The van der Waals surface area contributed by atoms with Gasteiger partial charge in [0.05, 0.1) is 6.26 Å². The average Bonchev–Trinajstić information content (AvgIpc) is 2.33. The lowest BCUT2D eigenvalue weighted by Gasteiger charge is -2.15. The average molecular weight is 214 g/mol. The number of hydrogen-bond acceptors (Lipinski definition) is 4. The molecule has 0 atom stereocenters. The van der Waals surface area contributed by atoms with E-state index in [1.54, 1.807) is 13.8 Å². The van der Waals surface area contributed by atoms with Gasteiger partial charge in [0.1, 0.15) is 18.8 Å². The van der Waals surface area contributed by atoms with E-state index in [1.165, 1.54) is 6.26 Å². The van der Waals surface area contributed by atoms with Gasteiger partial charge in [-0.15, -0.1) is 5.06 Å². The van der Waals surface area contributed by atoms with Crippen molar-refractivity contribution in [2.45, 2.75) is 19.4 Å². The summed E-state index contributed by atoms with van der Waals surface area (Å²) in [5, 5.41) is 3.20. The number of imide groups is 1. The Hall–Kier alpha value is -1.56. The molecule has 0 spiro atoms. The molecule has 0 aliphatic carbocycles. The van der Waals surface area contributed by atoms with Crippen LogP contribution in [0.5, 0.6) is 0 Å². The standard InChI is InChI=1S/C9H14N2O4/c1-4-14-5-6-15-11-7(12)9(2,3)10-8(11)13/h4H,1,5-6H2,2-3H3,(H,10,13). The van der Waals surface area contributed by atoms with Gasteiger partial charge in [-0.1, -0.05) is 6.58 Å². The molecule has 1 saturated heterocycles. The highest BCUT2D eigenvalue weighted by Gasteiger charge is 2.45. The van der Waals surface area contributed by atoms with Crippen LogP contribution in [0.4, 0.5) is 4.79 Å². The van der Waals surface area contributed by atoms with Crippen molar-refractivity contribution in [2.24, 2.45) is 0 Å². The number of amides is 3. The Labute approximate surface area is 87.8 Å². The summed E-state index contributed by atoms with van der Waals surface area (Å²) in [5.41, 5.74) is -0.906. The van der Waals surface area contributed by atoms with Crippen LogP contribution in [0.1, 0.15) is 13.8 Å². The third-order valence-electron chi connectivity index (χ3n) is 1.86. The zero-order chi connectivity index (χ0) is 11.5. The quantitative estimate of drug-likeness (QED) is 0.409. The van der Waals surface area contributed by atoms with Crippen molar-refractivity contribution in [3.8, 4) is 0 Å². The first-order valence-corrected chi connectivity index (χ1v) is 4.51. The molecular weight excluding hydrogens is 200 g/mol. The Balaban J connectivity index is 2.45. The van der Waals surface area contributed by atoms with Crippen molar-refractivity contribution in [1.82, 2.24) is 10.4 Å². The van der Waals surface area contributed by atoms with E-state index in [4.69, 9.17) is 9.57 Å². The van der Waals surface area contributed by atoms with E-state index >= 15 is 0 Å². The van der Waals surface area contributed by atoms with Gasteiger partial charge < -0.3 is 10.1 Å². The van der Waals surface area contributed by atoms with Gasteiger partial charge in [0.2, 0.25) is 0 Å². The molecule has 3 amide bonds. The maximum absolute atomic E-state index is 11.6.